The molecule has 2 atom stereocenters. The molecule has 8 nitrogen and oxygen atoms in total. The van der Waals surface area contributed by atoms with E-state index in [9.17, 15) is 36.7 Å². The molecular weight excluding hydrogens is 444 g/mol. The lowest BCUT2D eigenvalue weighted by Gasteiger charge is -2.25. The Balaban J connectivity index is 4.86. The number of hydrogen-bond acceptors (Lipinski definition) is 8. The van der Waals surface area contributed by atoms with Gasteiger partial charge < -0.3 is 18.9 Å². The fourth-order valence-electron chi connectivity index (χ4n) is 2.01. The quantitative estimate of drug-likeness (QED) is 0.133. The summed E-state index contributed by atoms with van der Waals surface area (Å²) in [6.45, 7) is 9.40. The zero-order valence-electron chi connectivity index (χ0n) is 18.2. The number of esters is 4. The molecule has 0 aliphatic rings. The average Bonchev–Trinajstić information content (AvgIpc) is 2.71. The van der Waals surface area contributed by atoms with Crippen molar-refractivity contribution >= 4 is 23.9 Å². The minimum Gasteiger partial charge on any atom is -0.458 e. The van der Waals surface area contributed by atoms with Crippen molar-refractivity contribution in [1.82, 2.24) is 0 Å². The topological polar surface area (TPSA) is 105 Å². The second-order valence-electron chi connectivity index (χ2n) is 6.68. The SMILES string of the molecule is C=C(C)C(=O)OC(CC)C(F)(F)C(=O)OCCOC(=O)C(F)(F)C(CC)OC(=O)C(=C)C. The maximum atomic E-state index is 14.2. The van der Waals surface area contributed by atoms with Crippen molar-refractivity contribution in [3.8, 4) is 0 Å². The van der Waals surface area contributed by atoms with Crippen molar-refractivity contribution in [2.24, 2.45) is 0 Å². The first-order chi connectivity index (χ1) is 14.6. The van der Waals surface area contributed by atoms with E-state index < -0.39 is 74.0 Å². The number of carbonyl (C=O) groups excluding carboxylic acids is 4. The van der Waals surface area contributed by atoms with Crippen LogP contribution in [0.25, 0.3) is 0 Å². The van der Waals surface area contributed by atoms with E-state index in [1.807, 2.05) is 0 Å². The van der Waals surface area contributed by atoms with Gasteiger partial charge in [-0.05, 0) is 26.7 Å². The summed E-state index contributed by atoms with van der Waals surface area (Å²) in [6, 6.07) is 0. The molecule has 0 aromatic heterocycles. The van der Waals surface area contributed by atoms with Crippen molar-refractivity contribution in [1.29, 1.82) is 0 Å². The van der Waals surface area contributed by atoms with E-state index in [-0.39, 0.29) is 11.1 Å². The molecule has 0 N–H and O–H groups in total. The van der Waals surface area contributed by atoms with Gasteiger partial charge in [0, 0.05) is 11.1 Å². The van der Waals surface area contributed by atoms with Crippen LogP contribution < -0.4 is 0 Å². The van der Waals surface area contributed by atoms with Crippen LogP contribution in [0.2, 0.25) is 0 Å². The van der Waals surface area contributed by atoms with Crippen LogP contribution in [0.5, 0.6) is 0 Å². The molecule has 0 aromatic rings. The second-order valence-corrected chi connectivity index (χ2v) is 6.68. The van der Waals surface area contributed by atoms with Crippen LogP contribution in [0.3, 0.4) is 0 Å². The monoisotopic (exact) mass is 470 g/mol. The van der Waals surface area contributed by atoms with E-state index in [4.69, 9.17) is 0 Å². The van der Waals surface area contributed by atoms with Crippen molar-refractivity contribution in [2.75, 3.05) is 13.2 Å². The second kappa shape index (κ2) is 12.2. The summed E-state index contributed by atoms with van der Waals surface area (Å²) in [5.41, 5.74) is -0.334. The molecule has 0 bridgehead atoms. The molecule has 0 saturated carbocycles. The van der Waals surface area contributed by atoms with Gasteiger partial charge in [0.25, 0.3) is 0 Å². The summed E-state index contributed by atoms with van der Waals surface area (Å²) in [6.07, 6.45) is -5.19. The Hall–Kier alpha value is -2.92. The molecule has 182 valence electrons. The maximum Gasteiger partial charge on any atom is 0.381 e. The molecule has 0 aliphatic heterocycles. The van der Waals surface area contributed by atoms with E-state index in [2.05, 4.69) is 32.1 Å². The largest absolute Gasteiger partial charge is 0.458 e. The van der Waals surface area contributed by atoms with E-state index in [1.54, 1.807) is 0 Å². The first-order valence-electron chi connectivity index (χ1n) is 9.45. The van der Waals surface area contributed by atoms with Gasteiger partial charge in [0.15, 0.2) is 12.2 Å². The fourth-order valence-corrected chi connectivity index (χ4v) is 2.01. The number of rotatable bonds is 13. The molecule has 0 heterocycles. The highest BCUT2D eigenvalue weighted by molar-refractivity contribution is 5.88. The Kier molecular flexibility index (Phi) is 11.1. The predicted octanol–water partition coefficient (Wildman–Crippen LogP) is 3.14. The van der Waals surface area contributed by atoms with Gasteiger partial charge in [-0.25, -0.2) is 19.2 Å². The van der Waals surface area contributed by atoms with Gasteiger partial charge >= 0.3 is 35.7 Å². The zero-order valence-corrected chi connectivity index (χ0v) is 18.2. The van der Waals surface area contributed by atoms with Crippen LogP contribution >= 0.6 is 0 Å². The molecule has 0 spiro atoms. The minimum atomic E-state index is -4.25. The number of ether oxygens (including phenoxy) is 4. The van der Waals surface area contributed by atoms with Crippen LogP contribution in [0.4, 0.5) is 17.6 Å². The highest BCUT2D eigenvalue weighted by atomic mass is 19.3. The smallest absolute Gasteiger partial charge is 0.381 e. The van der Waals surface area contributed by atoms with Gasteiger partial charge in [0.1, 0.15) is 13.2 Å². The van der Waals surface area contributed by atoms with E-state index >= 15 is 0 Å². The summed E-state index contributed by atoms with van der Waals surface area (Å²) in [5, 5.41) is 0. The van der Waals surface area contributed by atoms with Gasteiger partial charge in [-0.15, -0.1) is 0 Å². The molecule has 2 unspecified atom stereocenters. The van der Waals surface area contributed by atoms with E-state index in [1.165, 1.54) is 27.7 Å². The zero-order chi connectivity index (χ0) is 25.3. The standard InChI is InChI=1S/C20H26F4O8/c1-7-13(31-15(25)11(3)4)19(21,22)17(27)29-9-10-30-18(28)20(23,24)14(8-2)32-16(26)12(5)6/h13-14H,3,5,7-10H2,1-2,4,6H3. The average molecular weight is 470 g/mol. The van der Waals surface area contributed by atoms with Gasteiger partial charge in [0.05, 0.1) is 0 Å². The summed E-state index contributed by atoms with van der Waals surface area (Å²) in [4.78, 5) is 46.2. The molecule has 0 amide bonds. The summed E-state index contributed by atoms with van der Waals surface area (Å²) >= 11 is 0. The lowest BCUT2D eigenvalue weighted by Crippen LogP contribution is -2.46. The Morgan fingerprint density at radius 1 is 0.719 bits per heavy atom. The van der Waals surface area contributed by atoms with Crippen LogP contribution in [-0.2, 0) is 38.1 Å². The van der Waals surface area contributed by atoms with Gasteiger partial charge in [-0.1, -0.05) is 27.0 Å². The summed E-state index contributed by atoms with van der Waals surface area (Å²) in [5.74, 6) is -15.0. The van der Waals surface area contributed by atoms with Gasteiger partial charge in [-0.3, -0.25) is 0 Å². The lowest BCUT2D eigenvalue weighted by atomic mass is 10.1. The van der Waals surface area contributed by atoms with Crippen LogP contribution in [0.1, 0.15) is 40.5 Å². The molecule has 0 fully saturated rings. The summed E-state index contributed by atoms with van der Waals surface area (Å²) < 4.78 is 74.1. The van der Waals surface area contributed by atoms with Crippen molar-refractivity contribution in [3.05, 3.63) is 24.3 Å². The number of hydrogen-bond donors (Lipinski definition) is 0. The Morgan fingerprint density at radius 3 is 1.22 bits per heavy atom. The van der Waals surface area contributed by atoms with Gasteiger partial charge in [-0.2, -0.15) is 17.6 Å². The fraction of sp³-hybridized carbons (Fsp3) is 0.600. The highest BCUT2D eigenvalue weighted by Gasteiger charge is 2.52. The van der Waals surface area contributed by atoms with Crippen molar-refractivity contribution in [2.45, 2.75) is 64.6 Å². The normalized spacial score (nSPS) is 13.4. The molecule has 12 heteroatoms. The third kappa shape index (κ3) is 7.97. The number of alkyl halides is 4. The van der Waals surface area contributed by atoms with Crippen LogP contribution in [0, 0.1) is 0 Å². The Bertz CT molecular complexity index is 686. The first-order valence-corrected chi connectivity index (χ1v) is 9.45. The third-order valence-corrected chi connectivity index (χ3v) is 3.84. The van der Waals surface area contributed by atoms with Gasteiger partial charge in [0.2, 0.25) is 0 Å². The van der Waals surface area contributed by atoms with E-state index in [0.29, 0.717) is 0 Å². The van der Waals surface area contributed by atoms with Crippen molar-refractivity contribution in [3.63, 3.8) is 0 Å². The third-order valence-electron chi connectivity index (χ3n) is 3.84. The predicted molar refractivity (Wildman–Crippen MR) is 102 cm³/mol. The minimum absolute atomic E-state index is 0.167. The van der Waals surface area contributed by atoms with Crippen molar-refractivity contribution < 1.29 is 55.7 Å². The van der Waals surface area contributed by atoms with Crippen LogP contribution in [-0.4, -0.2) is 61.1 Å². The molecule has 0 aromatic carbocycles. The molecule has 0 saturated heterocycles. The first kappa shape index (κ1) is 29.1. The number of halogens is 4. The Morgan fingerprint density at radius 2 is 1.00 bits per heavy atom. The summed E-state index contributed by atoms with van der Waals surface area (Å²) in [7, 11) is 0. The lowest BCUT2D eigenvalue weighted by molar-refractivity contribution is -0.204. The molecule has 0 rings (SSSR count). The Labute approximate surface area is 182 Å². The molecule has 32 heavy (non-hydrogen) atoms. The molecule has 0 radical (unpaired) electrons. The molecule has 0 aliphatic carbocycles. The van der Waals surface area contributed by atoms with Crippen LogP contribution in [0.15, 0.2) is 24.3 Å². The van der Waals surface area contributed by atoms with E-state index in [0.717, 1.165) is 0 Å². The molecular formula is C20H26F4O8. The maximum absolute atomic E-state index is 14.2. The highest BCUT2D eigenvalue weighted by Crippen LogP contribution is 2.28. The number of carbonyl (C=O) groups is 4.